The summed E-state index contributed by atoms with van der Waals surface area (Å²) in [6, 6.07) is 1.37. The summed E-state index contributed by atoms with van der Waals surface area (Å²) < 4.78 is 0. The van der Waals surface area contributed by atoms with Gasteiger partial charge >= 0.3 is 0 Å². The molecule has 1 atom stereocenters. The van der Waals surface area contributed by atoms with E-state index in [1.165, 1.54) is 39.1 Å². The number of nitrogens with zero attached hydrogens (tertiary/aromatic N) is 2. The molecule has 1 N–H and O–H groups in total. The normalized spacial score (nSPS) is 21.6. The van der Waals surface area contributed by atoms with Crippen molar-refractivity contribution in [3.63, 3.8) is 0 Å². The molecule has 0 radical (unpaired) electrons. The highest BCUT2D eigenvalue weighted by Gasteiger charge is 2.17. The van der Waals surface area contributed by atoms with Crippen LogP contribution in [0.4, 0.5) is 0 Å². The molecule has 1 fully saturated rings. The van der Waals surface area contributed by atoms with Gasteiger partial charge in [-0.05, 0) is 27.2 Å². The van der Waals surface area contributed by atoms with Crippen LogP contribution < -0.4 is 5.32 Å². The first kappa shape index (κ1) is 13.9. The molecule has 0 aromatic rings. The predicted molar refractivity (Wildman–Crippen MR) is 70.9 cm³/mol. The van der Waals surface area contributed by atoms with Crippen molar-refractivity contribution in [2.24, 2.45) is 0 Å². The van der Waals surface area contributed by atoms with Gasteiger partial charge in [-0.2, -0.15) is 0 Å². The Kier molecular flexibility index (Phi) is 6.32. The average molecular weight is 227 g/mol. The molecule has 0 amide bonds. The van der Waals surface area contributed by atoms with Gasteiger partial charge in [0.1, 0.15) is 0 Å². The Morgan fingerprint density at radius 1 is 1.06 bits per heavy atom. The second-order valence-electron chi connectivity index (χ2n) is 5.23. The van der Waals surface area contributed by atoms with E-state index in [1.54, 1.807) is 0 Å². The van der Waals surface area contributed by atoms with Crippen molar-refractivity contribution in [3.8, 4) is 0 Å². The van der Waals surface area contributed by atoms with Gasteiger partial charge in [0.15, 0.2) is 0 Å². The Hall–Kier alpha value is -0.120. The fraction of sp³-hybridized carbons (Fsp3) is 1.00. The molecular weight excluding hydrogens is 198 g/mol. The van der Waals surface area contributed by atoms with Crippen LogP contribution in [-0.2, 0) is 0 Å². The Morgan fingerprint density at radius 2 is 1.69 bits per heavy atom. The van der Waals surface area contributed by atoms with Crippen LogP contribution in [0, 0.1) is 0 Å². The monoisotopic (exact) mass is 227 g/mol. The van der Waals surface area contributed by atoms with Crippen LogP contribution in [-0.4, -0.2) is 61.2 Å². The lowest BCUT2D eigenvalue weighted by atomic mass is 10.2. The summed E-state index contributed by atoms with van der Waals surface area (Å²) in [7, 11) is 0. The van der Waals surface area contributed by atoms with E-state index in [0.29, 0.717) is 12.1 Å². The van der Waals surface area contributed by atoms with Crippen LogP contribution >= 0.6 is 0 Å². The highest BCUT2D eigenvalue weighted by molar-refractivity contribution is 4.74. The fourth-order valence-corrected chi connectivity index (χ4v) is 2.12. The summed E-state index contributed by atoms with van der Waals surface area (Å²) in [5.41, 5.74) is 0. The number of rotatable bonds is 6. The zero-order valence-electron chi connectivity index (χ0n) is 11.5. The molecule has 96 valence electrons. The van der Waals surface area contributed by atoms with Gasteiger partial charge in [-0.15, -0.1) is 0 Å². The minimum atomic E-state index is 0.664. The second kappa shape index (κ2) is 7.25. The Morgan fingerprint density at radius 3 is 2.19 bits per heavy atom. The topological polar surface area (TPSA) is 18.5 Å². The molecule has 1 aliphatic rings. The third-order valence-electron chi connectivity index (χ3n) is 3.67. The molecule has 3 heteroatoms. The third-order valence-corrected chi connectivity index (χ3v) is 3.67. The third kappa shape index (κ3) is 4.81. The highest BCUT2D eigenvalue weighted by atomic mass is 15.3. The lowest BCUT2D eigenvalue weighted by molar-refractivity contribution is 0.108. The van der Waals surface area contributed by atoms with Gasteiger partial charge in [0.05, 0.1) is 0 Å². The minimum absolute atomic E-state index is 0.664. The SMILES string of the molecule is CCC(C)NCCN1CCN(C(C)C)CC1. The number of hydrogen-bond donors (Lipinski definition) is 1. The van der Waals surface area contributed by atoms with Gasteiger partial charge in [0, 0.05) is 51.4 Å². The van der Waals surface area contributed by atoms with Gasteiger partial charge in [-0.1, -0.05) is 6.92 Å². The molecule has 1 saturated heterocycles. The average Bonchev–Trinajstić information content (AvgIpc) is 2.29. The zero-order chi connectivity index (χ0) is 12.0. The molecule has 0 aromatic heterocycles. The van der Waals surface area contributed by atoms with E-state index in [0.717, 1.165) is 6.54 Å². The van der Waals surface area contributed by atoms with Crippen molar-refractivity contribution in [3.05, 3.63) is 0 Å². The predicted octanol–water partition coefficient (Wildman–Crippen LogP) is 1.40. The van der Waals surface area contributed by atoms with Gasteiger partial charge in [-0.25, -0.2) is 0 Å². The lowest BCUT2D eigenvalue weighted by Crippen LogP contribution is -2.50. The highest BCUT2D eigenvalue weighted by Crippen LogP contribution is 2.04. The molecule has 1 unspecified atom stereocenters. The second-order valence-corrected chi connectivity index (χ2v) is 5.23. The van der Waals surface area contributed by atoms with Gasteiger partial charge < -0.3 is 5.32 Å². The molecule has 0 saturated carbocycles. The van der Waals surface area contributed by atoms with E-state index in [2.05, 4.69) is 42.8 Å². The lowest BCUT2D eigenvalue weighted by Gasteiger charge is -2.37. The maximum Gasteiger partial charge on any atom is 0.0113 e. The van der Waals surface area contributed by atoms with Crippen molar-refractivity contribution in [2.45, 2.75) is 46.2 Å². The molecule has 3 nitrogen and oxygen atoms in total. The number of piperazine rings is 1. The van der Waals surface area contributed by atoms with Crippen LogP contribution in [0.25, 0.3) is 0 Å². The number of hydrogen-bond acceptors (Lipinski definition) is 3. The van der Waals surface area contributed by atoms with Crippen LogP contribution in [0.1, 0.15) is 34.1 Å². The molecule has 0 bridgehead atoms. The van der Waals surface area contributed by atoms with Gasteiger partial charge in [0.25, 0.3) is 0 Å². The van der Waals surface area contributed by atoms with Gasteiger partial charge in [0.2, 0.25) is 0 Å². The summed E-state index contributed by atoms with van der Waals surface area (Å²) in [6.45, 7) is 16.4. The van der Waals surface area contributed by atoms with Crippen LogP contribution in [0.15, 0.2) is 0 Å². The smallest absolute Gasteiger partial charge is 0.0113 e. The maximum absolute atomic E-state index is 3.56. The first-order chi connectivity index (χ1) is 7.63. The van der Waals surface area contributed by atoms with Crippen molar-refractivity contribution in [1.82, 2.24) is 15.1 Å². The zero-order valence-corrected chi connectivity index (χ0v) is 11.5. The summed E-state index contributed by atoms with van der Waals surface area (Å²) in [4.78, 5) is 5.15. The Balaban J connectivity index is 2.08. The van der Waals surface area contributed by atoms with E-state index in [1.807, 2.05) is 0 Å². The van der Waals surface area contributed by atoms with Crippen LogP contribution in [0.5, 0.6) is 0 Å². The molecule has 1 aliphatic heterocycles. The van der Waals surface area contributed by atoms with E-state index < -0.39 is 0 Å². The maximum atomic E-state index is 3.56. The molecule has 16 heavy (non-hydrogen) atoms. The molecule has 0 spiro atoms. The van der Waals surface area contributed by atoms with Crippen molar-refractivity contribution < 1.29 is 0 Å². The van der Waals surface area contributed by atoms with Crippen molar-refractivity contribution in [1.29, 1.82) is 0 Å². The van der Waals surface area contributed by atoms with Crippen LogP contribution in [0.3, 0.4) is 0 Å². The van der Waals surface area contributed by atoms with E-state index in [-0.39, 0.29) is 0 Å². The first-order valence-corrected chi connectivity index (χ1v) is 6.83. The minimum Gasteiger partial charge on any atom is -0.313 e. The van der Waals surface area contributed by atoms with Gasteiger partial charge in [-0.3, -0.25) is 9.80 Å². The molecule has 1 rings (SSSR count). The van der Waals surface area contributed by atoms with E-state index in [4.69, 9.17) is 0 Å². The molecule has 0 aromatic carbocycles. The standard InChI is InChI=1S/C13H29N3/c1-5-13(4)14-6-7-15-8-10-16(11-9-15)12(2)3/h12-14H,5-11H2,1-4H3. The molecule has 1 heterocycles. The fourth-order valence-electron chi connectivity index (χ4n) is 2.12. The first-order valence-electron chi connectivity index (χ1n) is 6.83. The van der Waals surface area contributed by atoms with E-state index >= 15 is 0 Å². The quantitative estimate of drug-likeness (QED) is 0.740. The summed E-state index contributed by atoms with van der Waals surface area (Å²) in [5.74, 6) is 0. The number of nitrogens with one attached hydrogen (secondary N) is 1. The molecular formula is C13H29N3. The Labute approximate surface area is 101 Å². The summed E-state index contributed by atoms with van der Waals surface area (Å²) >= 11 is 0. The van der Waals surface area contributed by atoms with E-state index in [9.17, 15) is 0 Å². The van der Waals surface area contributed by atoms with Crippen LogP contribution in [0.2, 0.25) is 0 Å². The van der Waals surface area contributed by atoms with Crippen molar-refractivity contribution >= 4 is 0 Å². The molecule has 0 aliphatic carbocycles. The summed E-state index contributed by atoms with van der Waals surface area (Å²) in [5, 5.41) is 3.56. The van der Waals surface area contributed by atoms with Crippen molar-refractivity contribution in [2.75, 3.05) is 39.3 Å². The Bertz CT molecular complexity index is 174. The largest absolute Gasteiger partial charge is 0.313 e. The summed E-state index contributed by atoms with van der Waals surface area (Å²) in [6.07, 6.45) is 1.22.